The van der Waals surface area contributed by atoms with Gasteiger partial charge in [-0.15, -0.1) is 0 Å². The monoisotopic (exact) mass is 288 g/mol. The van der Waals surface area contributed by atoms with Crippen LogP contribution in [0.15, 0.2) is 6.20 Å². The maximum absolute atomic E-state index is 5.45. The number of nitrogens with zero attached hydrogens (tertiary/aromatic N) is 6. The average molecular weight is 288 g/mol. The third-order valence-electron chi connectivity index (χ3n) is 4.26. The lowest BCUT2D eigenvalue weighted by atomic mass is 10.3. The predicted molar refractivity (Wildman–Crippen MR) is 80.8 cm³/mol. The molecule has 112 valence electrons. The Balaban J connectivity index is 1.82. The van der Waals surface area contributed by atoms with E-state index in [1.807, 2.05) is 17.9 Å². The Morgan fingerprint density at radius 2 is 1.76 bits per heavy atom. The molecule has 0 radical (unpaired) electrons. The summed E-state index contributed by atoms with van der Waals surface area (Å²) in [5.41, 5.74) is 0.911. The lowest BCUT2D eigenvalue weighted by molar-refractivity contribution is 0.122. The molecule has 0 aliphatic carbocycles. The summed E-state index contributed by atoms with van der Waals surface area (Å²) >= 11 is 0. The zero-order chi connectivity index (χ0) is 14.2. The van der Waals surface area contributed by atoms with Crippen molar-refractivity contribution in [1.29, 1.82) is 0 Å². The molecule has 0 saturated carbocycles. The van der Waals surface area contributed by atoms with Crippen molar-refractivity contribution in [2.75, 3.05) is 49.2 Å². The van der Waals surface area contributed by atoms with Crippen LogP contribution in [0.2, 0.25) is 0 Å². The summed E-state index contributed by atoms with van der Waals surface area (Å²) in [7, 11) is 1.94. The molecule has 0 amide bonds. The fourth-order valence-corrected chi connectivity index (χ4v) is 3.07. The third-order valence-corrected chi connectivity index (χ3v) is 4.26. The van der Waals surface area contributed by atoms with Crippen LogP contribution < -0.4 is 9.80 Å². The van der Waals surface area contributed by atoms with Crippen LogP contribution in [0.1, 0.15) is 12.8 Å². The minimum Gasteiger partial charge on any atom is -0.378 e. The highest BCUT2D eigenvalue weighted by Crippen LogP contribution is 2.28. The van der Waals surface area contributed by atoms with E-state index in [2.05, 4.69) is 14.9 Å². The Labute approximate surface area is 123 Å². The first kappa shape index (κ1) is 12.8. The van der Waals surface area contributed by atoms with Crippen molar-refractivity contribution in [3.63, 3.8) is 0 Å². The summed E-state index contributed by atoms with van der Waals surface area (Å²) < 4.78 is 7.29. The van der Waals surface area contributed by atoms with Crippen molar-refractivity contribution >= 4 is 22.8 Å². The van der Waals surface area contributed by atoms with Crippen molar-refractivity contribution < 1.29 is 4.74 Å². The molecule has 0 aromatic carbocycles. The van der Waals surface area contributed by atoms with E-state index in [-0.39, 0.29) is 0 Å². The van der Waals surface area contributed by atoms with E-state index in [1.165, 1.54) is 12.8 Å². The van der Waals surface area contributed by atoms with Crippen LogP contribution in [-0.4, -0.2) is 59.1 Å². The van der Waals surface area contributed by atoms with Gasteiger partial charge in [0.1, 0.15) is 5.82 Å². The van der Waals surface area contributed by atoms with Gasteiger partial charge in [0.2, 0.25) is 5.95 Å². The van der Waals surface area contributed by atoms with E-state index >= 15 is 0 Å². The SMILES string of the molecule is Cn1ncc2c(N3CCOCC3)nc(N3CCCC3)nc21. The maximum atomic E-state index is 5.45. The zero-order valence-corrected chi connectivity index (χ0v) is 12.3. The number of rotatable bonds is 2. The number of hydrogen-bond acceptors (Lipinski definition) is 6. The van der Waals surface area contributed by atoms with Crippen molar-refractivity contribution in [2.24, 2.45) is 7.05 Å². The normalized spacial score (nSPS) is 19.7. The summed E-state index contributed by atoms with van der Waals surface area (Å²) in [6.07, 6.45) is 4.31. The minimum atomic E-state index is 0.755. The Bertz CT molecular complexity index is 642. The van der Waals surface area contributed by atoms with Gasteiger partial charge in [0.05, 0.1) is 24.8 Å². The van der Waals surface area contributed by atoms with Gasteiger partial charge in [-0.25, -0.2) is 0 Å². The number of fused-ring (bicyclic) bond motifs is 1. The molecule has 0 unspecified atom stereocenters. The van der Waals surface area contributed by atoms with E-state index in [1.54, 1.807) is 0 Å². The molecule has 4 rings (SSSR count). The second-order valence-electron chi connectivity index (χ2n) is 5.65. The number of ether oxygens (including phenoxy) is 1. The highest BCUT2D eigenvalue weighted by Gasteiger charge is 2.22. The van der Waals surface area contributed by atoms with Gasteiger partial charge in [-0.2, -0.15) is 15.1 Å². The van der Waals surface area contributed by atoms with Gasteiger partial charge < -0.3 is 14.5 Å². The molecular formula is C14H20N6O. The Morgan fingerprint density at radius 3 is 2.52 bits per heavy atom. The quantitative estimate of drug-likeness (QED) is 0.814. The van der Waals surface area contributed by atoms with Gasteiger partial charge in [0, 0.05) is 33.2 Å². The summed E-state index contributed by atoms with van der Waals surface area (Å²) in [6.45, 7) is 5.36. The third kappa shape index (κ3) is 2.21. The summed E-state index contributed by atoms with van der Waals surface area (Å²) in [6, 6.07) is 0. The fourth-order valence-electron chi connectivity index (χ4n) is 3.07. The number of anilines is 2. The summed E-state index contributed by atoms with van der Waals surface area (Å²) in [4.78, 5) is 14.1. The molecule has 0 bridgehead atoms. The lowest BCUT2D eigenvalue weighted by Gasteiger charge is -2.29. The number of hydrogen-bond donors (Lipinski definition) is 0. The van der Waals surface area contributed by atoms with Gasteiger partial charge in [0.25, 0.3) is 0 Å². The van der Waals surface area contributed by atoms with Gasteiger partial charge >= 0.3 is 0 Å². The topological polar surface area (TPSA) is 59.3 Å². The van der Waals surface area contributed by atoms with Gasteiger partial charge in [0.15, 0.2) is 5.65 Å². The fraction of sp³-hybridized carbons (Fsp3) is 0.643. The summed E-state index contributed by atoms with van der Waals surface area (Å²) in [5.74, 6) is 1.84. The summed E-state index contributed by atoms with van der Waals surface area (Å²) in [5, 5.41) is 5.39. The van der Waals surface area contributed by atoms with Crippen LogP contribution in [0, 0.1) is 0 Å². The maximum Gasteiger partial charge on any atom is 0.229 e. The van der Waals surface area contributed by atoms with Crippen LogP contribution in [-0.2, 0) is 11.8 Å². The highest BCUT2D eigenvalue weighted by molar-refractivity contribution is 5.88. The molecular weight excluding hydrogens is 268 g/mol. The van der Waals surface area contributed by atoms with Crippen LogP contribution in [0.4, 0.5) is 11.8 Å². The molecule has 2 aromatic heterocycles. The van der Waals surface area contributed by atoms with Crippen molar-refractivity contribution in [3.05, 3.63) is 6.20 Å². The molecule has 21 heavy (non-hydrogen) atoms. The average Bonchev–Trinajstić information content (AvgIpc) is 3.18. The molecule has 7 heteroatoms. The zero-order valence-electron chi connectivity index (χ0n) is 12.3. The Hall–Kier alpha value is -1.89. The van der Waals surface area contributed by atoms with E-state index in [4.69, 9.17) is 14.7 Å². The van der Waals surface area contributed by atoms with Crippen molar-refractivity contribution in [3.8, 4) is 0 Å². The van der Waals surface area contributed by atoms with Crippen LogP contribution in [0.3, 0.4) is 0 Å². The second-order valence-corrected chi connectivity index (χ2v) is 5.65. The van der Waals surface area contributed by atoms with Crippen LogP contribution in [0.25, 0.3) is 11.0 Å². The van der Waals surface area contributed by atoms with E-state index in [0.29, 0.717) is 0 Å². The number of aromatic nitrogens is 4. The molecule has 2 saturated heterocycles. The smallest absolute Gasteiger partial charge is 0.229 e. The van der Waals surface area contributed by atoms with Gasteiger partial charge in [-0.3, -0.25) is 4.68 Å². The molecule has 2 aromatic rings. The van der Waals surface area contributed by atoms with E-state index in [0.717, 1.165) is 62.2 Å². The highest BCUT2D eigenvalue weighted by atomic mass is 16.5. The molecule has 0 N–H and O–H groups in total. The molecule has 4 heterocycles. The largest absolute Gasteiger partial charge is 0.378 e. The minimum absolute atomic E-state index is 0.755. The second kappa shape index (κ2) is 5.14. The molecule has 0 spiro atoms. The number of morpholine rings is 1. The molecule has 2 aliphatic heterocycles. The Morgan fingerprint density at radius 1 is 1.00 bits per heavy atom. The van der Waals surface area contributed by atoms with E-state index in [9.17, 15) is 0 Å². The van der Waals surface area contributed by atoms with Gasteiger partial charge in [-0.1, -0.05) is 0 Å². The first-order valence-electron chi connectivity index (χ1n) is 7.60. The first-order valence-corrected chi connectivity index (χ1v) is 7.60. The number of aryl methyl sites for hydroxylation is 1. The molecule has 7 nitrogen and oxygen atoms in total. The van der Waals surface area contributed by atoms with E-state index < -0.39 is 0 Å². The predicted octanol–water partition coefficient (Wildman–Crippen LogP) is 0.800. The lowest BCUT2D eigenvalue weighted by Crippen LogP contribution is -2.37. The van der Waals surface area contributed by atoms with Gasteiger partial charge in [-0.05, 0) is 12.8 Å². The van der Waals surface area contributed by atoms with Crippen LogP contribution in [0.5, 0.6) is 0 Å². The molecule has 2 fully saturated rings. The first-order chi connectivity index (χ1) is 10.3. The molecule has 2 aliphatic rings. The molecule has 0 atom stereocenters. The van der Waals surface area contributed by atoms with Crippen molar-refractivity contribution in [1.82, 2.24) is 19.7 Å². The van der Waals surface area contributed by atoms with Crippen LogP contribution >= 0.6 is 0 Å². The Kier molecular flexibility index (Phi) is 3.14. The van der Waals surface area contributed by atoms with Crippen molar-refractivity contribution in [2.45, 2.75) is 12.8 Å². The standard InChI is InChI=1S/C14H20N6O/c1-18-12-11(10-15-18)13(19-6-8-21-9-7-19)17-14(16-12)20-4-2-3-5-20/h10H,2-9H2,1H3.